The third-order valence-corrected chi connectivity index (χ3v) is 10.6. The number of hydrogen-bond donors (Lipinski definition) is 0. The van der Waals surface area contributed by atoms with Crippen molar-refractivity contribution in [2.45, 2.75) is 28.8 Å². The van der Waals surface area contributed by atoms with Gasteiger partial charge in [0.1, 0.15) is 0 Å². The van der Waals surface area contributed by atoms with Crippen molar-refractivity contribution in [2.24, 2.45) is 0 Å². The Kier molecular flexibility index (Phi) is 2.52. The second-order valence-electron chi connectivity index (χ2n) is 2.62. The van der Waals surface area contributed by atoms with Gasteiger partial charge in [-0.05, 0) is 0 Å². The number of allylic oxidation sites excluding steroid dienone is 4. The molecule has 0 aliphatic heterocycles. The van der Waals surface area contributed by atoms with E-state index in [1.165, 1.54) is 11.2 Å². The fourth-order valence-electron chi connectivity index (χ4n) is 0.869. The molecule has 10 heavy (non-hydrogen) atoms. The molecule has 0 fully saturated rings. The van der Waals surface area contributed by atoms with Crippen molar-refractivity contribution in [1.82, 2.24) is 0 Å². The Balaban J connectivity index is 2.65. The molecule has 0 aromatic carbocycles. The fraction of sp³-hybridized carbons (Fsp3) is 0.556. The number of rotatable bonds is 2. The quantitative estimate of drug-likeness (QED) is 0.730. The van der Waals surface area contributed by atoms with Crippen LogP contribution >= 0.6 is 0 Å². The minimum absolute atomic E-state index is 1.25. The second kappa shape index (κ2) is 3.05. The molecule has 0 amide bonds. The van der Waals surface area contributed by atoms with Gasteiger partial charge in [-0.2, -0.15) is 0 Å². The molecule has 0 heterocycles. The molecule has 0 unspecified atom stereocenters. The van der Waals surface area contributed by atoms with Crippen molar-refractivity contribution < 1.29 is 16.1 Å². The zero-order chi connectivity index (χ0) is 7.61. The Morgan fingerprint density at radius 2 is 2.20 bits per heavy atom. The Labute approximate surface area is 67.2 Å². The summed E-state index contributed by atoms with van der Waals surface area (Å²) in [6, 6.07) is 0. The molecule has 0 N–H and O–H groups in total. The van der Waals surface area contributed by atoms with E-state index in [9.17, 15) is 0 Å². The van der Waals surface area contributed by atoms with Gasteiger partial charge >= 0.3 is 67.0 Å². The third kappa shape index (κ3) is 1.61. The average molecular weight is 319 g/mol. The van der Waals surface area contributed by atoms with Gasteiger partial charge in [0.25, 0.3) is 0 Å². The van der Waals surface area contributed by atoms with Gasteiger partial charge in [0.15, 0.2) is 0 Å². The summed E-state index contributed by atoms with van der Waals surface area (Å²) in [5, 5.41) is 4.98. The van der Waals surface area contributed by atoms with Crippen LogP contribution in [0.1, 0.15) is 13.3 Å². The summed E-state index contributed by atoms with van der Waals surface area (Å²) >= 11 is -1.36. The van der Waals surface area contributed by atoms with Crippen LogP contribution in [0.15, 0.2) is 22.2 Å². The van der Waals surface area contributed by atoms with Crippen LogP contribution in [0.2, 0.25) is 15.4 Å². The second-order valence-corrected chi connectivity index (χ2v) is 14.2. The summed E-state index contributed by atoms with van der Waals surface area (Å²) in [7, 11) is 0. The summed E-state index contributed by atoms with van der Waals surface area (Å²) < 4.78 is 1.76. The summed E-state index contributed by atoms with van der Waals surface area (Å²) in [5.74, 6) is 0. The van der Waals surface area contributed by atoms with Crippen LogP contribution in [-0.2, 0) is 16.1 Å². The van der Waals surface area contributed by atoms with Crippen molar-refractivity contribution in [3.05, 3.63) is 22.2 Å². The van der Waals surface area contributed by atoms with E-state index in [-0.39, 0.29) is 0 Å². The van der Waals surface area contributed by atoms with E-state index in [1.54, 1.807) is 3.96 Å². The molecule has 0 saturated carbocycles. The van der Waals surface area contributed by atoms with Crippen LogP contribution < -0.4 is 0 Å². The average Bonchev–Trinajstić information content (AvgIpc) is 2.38. The van der Waals surface area contributed by atoms with Crippen LogP contribution in [0.5, 0.6) is 0 Å². The molecule has 0 saturated heterocycles. The molecule has 0 aromatic heterocycles. The van der Waals surface area contributed by atoms with E-state index in [0.29, 0.717) is 0 Å². The first-order valence-corrected chi connectivity index (χ1v) is 10.7. The first-order valence-electron chi connectivity index (χ1n) is 3.44. The summed E-state index contributed by atoms with van der Waals surface area (Å²) in [4.78, 5) is 1.42. The van der Waals surface area contributed by atoms with Crippen molar-refractivity contribution in [2.75, 3.05) is 0 Å². The van der Waals surface area contributed by atoms with Gasteiger partial charge in [-0.1, -0.05) is 0 Å². The molecular formula is C9H16Pt. The normalized spacial score (nSPS) is 19.3. The van der Waals surface area contributed by atoms with E-state index in [4.69, 9.17) is 0 Å². The molecule has 0 aromatic rings. The Bertz CT molecular complexity index is 175. The maximum atomic E-state index is 2.49. The van der Waals surface area contributed by atoms with E-state index in [0.717, 1.165) is 0 Å². The molecule has 0 spiro atoms. The van der Waals surface area contributed by atoms with Crippen LogP contribution in [0, 0.1) is 0 Å². The first-order chi connectivity index (χ1) is 4.67. The molecule has 0 bridgehead atoms. The predicted molar refractivity (Wildman–Crippen MR) is 44.0 cm³/mol. The van der Waals surface area contributed by atoms with Crippen LogP contribution in [0.25, 0.3) is 0 Å². The predicted octanol–water partition coefficient (Wildman–Crippen LogP) is 3.52. The summed E-state index contributed by atoms with van der Waals surface area (Å²) in [5.41, 5.74) is 0. The topological polar surface area (TPSA) is 0 Å². The number of hydrogen-bond acceptors (Lipinski definition) is 0. The van der Waals surface area contributed by atoms with Crippen LogP contribution in [-0.4, -0.2) is 0 Å². The van der Waals surface area contributed by atoms with Crippen LogP contribution in [0.3, 0.4) is 0 Å². The minimum atomic E-state index is -1.36. The van der Waals surface area contributed by atoms with Gasteiger partial charge in [0, 0.05) is 0 Å². The van der Waals surface area contributed by atoms with Gasteiger partial charge in [-0.15, -0.1) is 0 Å². The summed E-state index contributed by atoms with van der Waals surface area (Å²) in [6.45, 7) is 2.33. The van der Waals surface area contributed by atoms with Crippen molar-refractivity contribution >= 4 is 0 Å². The monoisotopic (exact) mass is 319 g/mol. The standard InChI is InChI=1S/C5H5.C2H5.2CH3.Pt/c1-2-4-5-3-1;1-2;;;/h1-3H,4H2;1H2,2H3;2*1H3;. The van der Waals surface area contributed by atoms with Crippen molar-refractivity contribution in [3.8, 4) is 0 Å². The fourth-order valence-corrected chi connectivity index (χ4v) is 4.67. The van der Waals surface area contributed by atoms with Crippen molar-refractivity contribution in [1.29, 1.82) is 0 Å². The van der Waals surface area contributed by atoms with Gasteiger partial charge in [0.05, 0.1) is 0 Å². The van der Waals surface area contributed by atoms with Gasteiger partial charge < -0.3 is 0 Å². The molecule has 0 radical (unpaired) electrons. The summed E-state index contributed by atoms with van der Waals surface area (Å²) in [6.07, 6.45) is 8.06. The zero-order valence-electron chi connectivity index (χ0n) is 6.96. The van der Waals surface area contributed by atoms with Crippen LogP contribution in [0.4, 0.5) is 0 Å². The third-order valence-electron chi connectivity index (χ3n) is 1.81. The van der Waals surface area contributed by atoms with Gasteiger partial charge in [-0.25, -0.2) is 0 Å². The van der Waals surface area contributed by atoms with Gasteiger partial charge in [-0.3, -0.25) is 0 Å². The van der Waals surface area contributed by atoms with E-state index >= 15 is 0 Å². The zero-order valence-corrected chi connectivity index (χ0v) is 9.23. The Morgan fingerprint density at radius 3 is 2.60 bits per heavy atom. The molecular weight excluding hydrogens is 303 g/mol. The Hall–Kier alpha value is 0.168. The Morgan fingerprint density at radius 1 is 1.50 bits per heavy atom. The molecule has 1 heteroatoms. The van der Waals surface area contributed by atoms with Crippen molar-refractivity contribution in [3.63, 3.8) is 0 Å². The molecule has 1 rings (SSSR count). The molecule has 62 valence electrons. The first kappa shape index (κ1) is 8.27. The van der Waals surface area contributed by atoms with E-state index in [1.807, 2.05) is 0 Å². The molecule has 1 aliphatic rings. The maximum absolute atomic E-state index is 2.49. The molecule has 0 atom stereocenters. The van der Waals surface area contributed by atoms with E-state index < -0.39 is 16.1 Å². The molecule has 1 aliphatic carbocycles. The SMILES string of the molecule is C[CH2][Pt]([CH3])([CH3])[C]1=CC=CC1. The molecule has 0 nitrogen and oxygen atoms in total. The van der Waals surface area contributed by atoms with E-state index in [2.05, 4.69) is 35.8 Å². The van der Waals surface area contributed by atoms with Gasteiger partial charge in [0.2, 0.25) is 0 Å².